The molecule has 23 heavy (non-hydrogen) atoms. The molecule has 1 aromatic heterocycles. The maximum Gasteiger partial charge on any atom is 0.191 e. The smallest absolute Gasteiger partial charge is 0.191 e. The van der Waals surface area contributed by atoms with Crippen molar-refractivity contribution in [3.63, 3.8) is 0 Å². The van der Waals surface area contributed by atoms with Gasteiger partial charge >= 0.3 is 0 Å². The molecule has 132 valence electrons. The molecule has 1 atom stereocenters. The largest absolute Gasteiger partial charge is 0.357 e. The van der Waals surface area contributed by atoms with E-state index in [9.17, 15) is 8.42 Å². The fourth-order valence-electron chi connectivity index (χ4n) is 2.38. The zero-order valence-electron chi connectivity index (χ0n) is 13.5. The number of nitrogens with zero attached hydrogens (tertiary/aromatic N) is 2. The first-order valence-corrected chi connectivity index (χ1v) is 10.3. The van der Waals surface area contributed by atoms with Crippen LogP contribution < -0.4 is 10.6 Å². The molecule has 0 radical (unpaired) electrons. The van der Waals surface area contributed by atoms with Crippen LogP contribution in [0.4, 0.5) is 0 Å². The average molecular weight is 472 g/mol. The lowest BCUT2D eigenvalue weighted by Crippen LogP contribution is -2.38. The van der Waals surface area contributed by atoms with Gasteiger partial charge in [-0.2, -0.15) is 0 Å². The lowest BCUT2D eigenvalue weighted by atomic mass is 10.1. The van der Waals surface area contributed by atoms with Gasteiger partial charge < -0.3 is 10.6 Å². The second-order valence-electron chi connectivity index (χ2n) is 5.53. The molecule has 1 aliphatic rings. The quantitative estimate of drug-likeness (QED) is 0.374. The van der Waals surface area contributed by atoms with Gasteiger partial charge in [0.25, 0.3) is 0 Å². The van der Waals surface area contributed by atoms with Crippen molar-refractivity contribution in [3.05, 3.63) is 16.1 Å². The van der Waals surface area contributed by atoms with Crippen molar-refractivity contribution < 1.29 is 8.42 Å². The molecule has 0 aliphatic carbocycles. The second-order valence-corrected chi connectivity index (χ2v) is 9.08. The molecule has 9 heteroatoms. The van der Waals surface area contributed by atoms with Crippen LogP contribution in [0.15, 0.2) is 11.2 Å². The average Bonchev–Trinajstić information content (AvgIpc) is 3.02. The Morgan fingerprint density at radius 1 is 1.48 bits per heavy atom. The Labute approximate surface area is 159 Å². The Hall–Kier alpha value is -0.420. The molecule has 1 aromatic rings. The van der Waals surface area contributed by atoms with Crippen molar-refractivity contribution in [2.24, 2.45) is 10.9 Å². The van der Waals surface area contributed by atoms with Gasteiger partial charge in [-0.3, -0.25) is 4.99 Å². The van der Waals surface area contributed by atoms with E-state index in [1.54, 1.807) is 11.3 Å². The Balaban J connectivity index is 0.00000264. The summed E-state index contributed by atoms with van der Waals surface area (Å²) in [7, 11) is -2.82. The lowest BCUT2D eigenvalue weighted by molar-refractivity contribution is 0.589. The molecule has 2 N–H and O–H groups in total. The fraction of sp³-hybridized carbons (Fsp3) is 0.714. The summed E-state index contributed by atoms with van der Waals surface area (Å²) in [6.45, 7) is 6.18. The Bertz CT molecular complexity index is 616. The Morgan fingerprint density at radius 3 is 2.83 bits per heavy atom. The Kier molecular flexibility index (Phi) is 8.76. The molecule has 6 nitrogen and oxygen atoms in total. The third kappa shape index (κ3) is 7.34. The second kappa shape index (κ2) is 9.77. The minimum absolute atomic E-state index is 0. The fourth-order valence-corrected chi connectivity index (χ4v) is 5.02. The highest BCUT2D eigenvalue weighted by Crippen LogP contribution is 2.18. The van der Waals surface area contributed by atoms with E-state index in [2.05, 4.69) is 27.5 Å². The minimum Gasteiger partial charge on any atom is -0.357 e. The number of halogens is 1. The summed E-state index contributed by atoms with van der Waals surface area (Å²) in [6.07, 6.45) is 3.48. The molecule has 1 aliphatic heterocycles. The van der Waals surface area contributed by atoms with E-state index in [1.807, 2.05) is 13.1 Å². The molecule has 0 spiro atoms. The van der Waals surface area contributed by atoms with Gasteiger partial charge in [0.2, 0.25) is 0 Å². The van der Waals surface area contributed by atoms with Gasteiger partial charge in [-0.15, -0.1) is 35.3 Å². The molecule has 0 aromatic carbocycles. The molecule has 1 saturated heterocycles. The van der Waals surface area contributed by atoms with E-state index >= 15 is 0 Å². The van der Waals surface area contributed by atoms with E-state index < -0.39 is 9.84 Å². The lowest BCUT2D eigenvalue weighted by Gasteiger charge is -2.12. The monoisotopic (exact) mass is 472 g/mol. The zero-order chi connectivity index (χ0) is 16.0. The topological polar surface area (TPSA) is 83.5 Å². The standard InChI is InChI=1S/C14H24N4O2S2.HI/c1-3-15-14(16-6-4-13-17-8-11(2)21-13)18-9-12-5-7-22(19,20)10-12;/h8,12H,3-7,9-10H2,1-2H3,(H2,15,16,18);1H. The maximum absolute atomic E-state index is 11.5. The molecule has 1 unspecified atom stereocenters. The van der Waals surface area contributed by atoms with Crippen LogP contribution in [-0.2, 0) is 16.3 Å². The molecule has 2 heterocycles. The molecule has 1 fully saturated rings. The molecule has 0 saturated carbocycles. The van der Waals surface area contributed by atoms with E-state index in [0.717, 1.165) is 36.9 Å². The molecule has 0 amide bonds. The summed E-state index contributed by atoms with van der Waals surface area (Å²) in [5.41, 5.74) is 0. The maximum atomic E-state index is 11.5. The number of aliphatic imine (C=N–C) groups is 1. The van der Waals surface area contributed by atoms with E-state index in [-0.39, 0.29) is 35.6 Å². The van der Waals surface area contributed by atoms with Gasteiger partial charge in [0.15, 0.2) is 15.8 Å². The molecular formula is C14H25IN4O2S2. The number of aromatic nitrogens is 1. The van der Waals surface area contributed by atoms with Crippen molar-refractivity contribution in [2.45, 2.75) is 26.7 Å². The van der Waals surface area contributed by atoms with Crippen molar-refractivity contribution in [1.82, 2.24) is 15.6 Å². The summed E-state index contributed by atoms with van der Waals surface area (Å²) in [4.78, 5) is 10.1. The van der Waals surface area contributed by atoms with Crippen LogP contribution >= 0.6 is 35.3 Å². The van der Waals surface area contributed by atoms with E-state index in [4.69, 9.17) is 0 Å². The van der Waals surface area contributed by atoms with Gasteiger partial charge in [-0.1, -0.05) is 0 Å². The van der Waals surface area contributed by atoms with Gasteiger partial charge in [0, 0.05) is 37.1 Å². The van der Waals surface area contributed by atoms with Crippen molar-refractivity contribution in [2.75, 3.05) is 31.1 Å². The summed E-state index contributed by atoms with van der Waals surface area (Å²) in [5, 5.41) is 7.58. The predicted octanol–water partition coefficient (Wildman–Crippen LogP) is 1.60. The van der Waals surface area contributed by atoms with Crippen LogP contribution in [0.1, 0.15) is 23.2 Å². The van der Waals surface area contributed by atoms with Crippen LogP contribution in [0.3, 0.4) is 0 Å². The van der Waals surface area contributed by atoms with Gasteiger partial charge in [0.05, 0.1) is 16.5 Å². The summed E-state index contributed by atoms with van der Waals surface area (Å²) in [6, 6.07) is 0. The number of rotatable bonds is 6. The third-order valence-corrected chi connectivity index (χ3v) is 6.29. The summed E-state index contributed by atoms with van der Waals surface area (Å²) < 4.78 is 22.9. The Morgan fingerprint density at radius 2 is 2.26 bits per heavy atom. The van der Waals surface area contributed by atoms with Gasteiger partial charge in [-0.05, 0) is 26.2 Å². The molecular weight excluding hydrogens is 447 g/mol. The number of thiazole rings is 1. The highest BCUT2D eigenvalue weighted by Gasteiger charge is 2.27. The van der Waals surface area contributed by atoms with Gasteiger partial charge in [-0.25, -0.2) is 13.4 Å². The van der Waals surface area contributed by atoms with Crippen LogP contribution in [0, 0.1) is 12.8 Å². The van der Waals surface area contributed by atoms with Crippen LogP contribution in [0.2, 0.25) is 0 Å². The van der Waals surface area contributed by atoms with Crippen molar-refractivity contribution in [1.29, 1.82) is 0 Å². The SMILES string of the molecule is CCNC(=NCC1CCS(=O)(=O)C1)NCCc1ncc(C)s1.I. The first-order valence-electron chi connectivity index (χ1n) is 7.62. The first kappa shape index (κ1) is 20.6. The molecule has 0 bridgehead atoms. The zero-order valence-corrected chi connectivity index (χ0v) is 17.5. The number of guanidine groups is 1. The summed E-state index contributed by atoms with van der Waals surface area (Å²) >= 11 is 1.71. The van der Waals surface area contributed by atoms with Crippen LogP contribution in [0.5, 0.6) is 0 Å². The first-order chi connectivity index (χ1) is 10.5. The highest BCUT2D eigenvalue weighted by molar-refractivity contribution is 14.0. The van der Waals surface area contributed by atoms with E-state index in [0.29, 0.717) is 12.3 Å². The number of sulfone groups is 1. The summed E-state index contributed by atoms with van der Waals surface area (Å²) in [5.74, 6) is 1.48. The predicted molar refractivity (Wildman–Crippen MR) is 107 cm³/mol. The number of hydrogen-bond donors (Lipinski definition) is 2. The van der Waals surface area contributed by atoms with Crippen LogP contribution in [-0.4, -0.2) is 50.5 Å². The van der Waals surface area contributed by atoms with E-state index in [1.165, 1.54) is 4.88 Å². The van der Waals surface area contributed by atoms with Gasteiger partial charge in [0.1, 0.15) is 0 Å². The minimum atomic E-state index is -2.82. The normalized spacial score (nSPS) is 20.1. The number of aryl methyl sites for hydroxylation is 1. The number of hydrogen-bond acceptors (Lipinski definition) is 5. The molecule has 2 rings (SSSR count). The van der Waals surface area contributed by atoms with Crippen LogP contribution in [0.25, 0.3) is 0 Å². The number of nitrogens with one attached hydrogen (secondary N) is 2. The van der Waals surface area contributed by atoms with Crippen molar-refractivity contribution in [3.8, 4) is 0 Å². The van der Waals surface area contributed by atoms with Crippen molar-refractivity contribution >= 4 is 51.1 Å². The third-order valence-electron chi connectivity index (χ3n) is 3.48. The highest BCUT2D eigenvalue weighted by atomic mass is 127.